The van der Waals surface area contributed by atoms with Crippen molar-refractivity contribution in [1.82, 2.24) is 0 Å². The van der Waals surface area contributed by atoms with Crippen LogP contribution in [0.4, 0.5) is 0 Å². The van der Waals surface area contributed by atoms with Crippen LogP contribution in [0, 0.1) is 6.92 Å². The van der Waals surface area contributed by atoms with Crippen molar-refractivity contribution < 1.29 is 0 Å². The summed E-state index contributed by atoms with van der Waals surface area (Å²) in [6.45, 7) is 2.11. The summed E-state index contributed by atoms with van der Waals surface area (Å²) in [4.78, 5) is 0. The molecule has 0 amide bonds. The number of hydrogen-bond donors (Lipinski definition) is 0. The fourth-order valence-electron chi connectivity index (χ4n) is 0.532. The van der Waals surface area contributed by atoms with Crippen molar-refractivity contribution in [3.63, 3.8) is 0 Å². The summed E-state index contributed by atoms with van der Waals surface area (Å²) in [5.74, 6) is 0. The monoisotopic (exact) mass is 222 g/mol. The molecule has 0 fully saturated rings. The van der Waals surface area contributed by atoms with Gasteiger partial charge in [-0.15, -0.1) is 23.1 Å². The first-order valence-electron chi connectivity index (χ1n) is 2.54. The van der Waals surface area contributed by atoms with E-state index >= 15 is 0 Å². The Labute approximate surface area is 71.8 Å². The van der Waals surface area contributed by atoms with E-state index in [1.54, 1.807) is 23.1 Å². The van der Waals surface area contributed by atoms with Crippen molar-refractivity contribution in [2.45, 2.75) is 11.1 Å². The predicted octanol–water partition coefficient (Wildman–Crippen LogP) is 3.54. The second-order valence-corrected chi connectivity index (χ2v) is 5.20. The fourth-order valence-corrected chi connectivity index (χ4v) is 3.00. The van der Waals surface area contributed by atoms with Crippen molar-refractivity contribution in [3.8, 4) is 0 Å². The lowest BCUT2D eigenvalue weighted by atomic mass is 10.4. The molecule has 0 aliphatic rings. The molecule has 0 aliphatic heterocycles. The molecule has 1 rings (SSSR count). The molecule has 0 saturated carbocycles. The maximum absolute atomic E-state index is 3.46. The zero-order valence-corrected chi connectivity index (χ0v) is 8.49. The van der Waals surface area contributed by atoms with Crippen LogP contribution in [0.3, 0.4) is 0 Å². The van der Waals surface area contributed by atoms with Gasteiger partial charge < -0.3 is 0 Å². The first-order valence-corrected chi connectivity index (χ1v) is 5.37. The standard InChI is InChI=1S/C6H7BrS2/c1-4-3-5(8-2)9-6(4)7/h3H,1-2H3. The van der Waals surface area contributed by atoms with Gasteiger partial charge >= 0.3 is 0 Å². The summed E-state index contributed by atoms with van der Waals surface area (Å²) in [5.41, 5.74) is 1.34. The Morgan fingerprint density at radius 3 is 2.56 bits per heavy atom. The SMILES string of the molecule is CSc1cc(C)c(Br)s1. The van der Waals surface area contributed by atoms with E-state index in [1.165, 1.54) is 13.6 Å². The highest BCUT2D eigenvalue weighted by molar-refractivity contribution is 9.11. The molecule has 0 aromatic carbocycles. The Morgan fingerprint density at radius 1 is 1.67 bits per heavy atom. The van der Waals surface area contributed by atoms with Crippen molar-refractivity contribution in [2.75, 3.05) is 6.26 Å². The number of hydrogen-bond acceptors (Lipinski definition) is 2. The Kier molecular flexibility index (Phi) is 2.61. The van der Waals surface area contributed by atoms with Gasteiger partial charge in [0, 0.05) is 0 Å². The average Bonchev–Trinajstić information content (AvgIpc) is 2.13. The van der Waals surface area contributed by atoms with Gasteiger partial charge in [0.05, 0.1) is 8.00 Å². The zero-order chi connectivity index (χ0) is 6.85. The van der Waals surface area contributed by atoms with E-state index < -0.39 is 0 Å². The van der Waals surface area contributed by atoms with Crippen LogP contribution in [0.15, 0.2) is 14.1 Å². The minimum atomic E-state index is 1.26. The largest absolute Gasteiger partial charge is 0.122 e. The lowest BCUT2D eigenvalue weighted by Gasteiger charge is -1.79. The quantitative estimate of drug-likeness (QED) is 0.656. The molecule has 0 nitrogen and oxygen atoms in total. The van der Waals surface area contributed by atoms with E-state index in [4.69, 9.17) is 0 Å². The van der Waals surface area contributed by atoms with E-state index in [2.05, 4.69) is 35.2 Å². The van der Waals surface area contributed by atoms with E-state index in [1.807, 2.05) is 0 Å². The summed E-state index contributed by atoms with van der Waals surface area (Å²) in [6.07, 6.45) is 2.09. The molecule has 0 N–H and O–H groups in total. The summed E-state index contributed by atoms with van der Waals surface area (Å²) in [5, 5.41) is 0. The lowest BCUT2D eigenvalue weighted by Crippen LogP contribution is -1.57. The smallest absolute Gasteiger partial charge is 0.0739 e. The van der Waals surface area contributed by atoms with Crippen LogP contribution in [-0.2, 0) is 0 Å². The zero-order valence-electron chi connectivity index (χ0n) is 5.27. The van der Waals surface area contributed by atoms with Crippen molar-refractivity contribution in [2.24, 2.45) is 0 Å². The molecule has 0 unspecified atom stereocenters. The van der Waals surface area contributed by atoms with Crippen LogP contribution in [0.2, 0.25) is 0 Å². The normalized spacial score (nSPS) is 10.1. The third kappa shape index (κ3) is 1.72. The molecule has 0 spiro atoms. The molecule has 3 heteroatoms. The van der Waals surface area contributed by atoms with Crippen LogP contribution < -0.4 is 0 Å². The number of aryl methyl sites for hydroxylation is 1. The Balaban J connectivity index is 2.98. The Morgan fingerprint density at radius 2 is 2.33 bits per heavy atom. The van der Waals surface area contributed by atoms with Crippen LogP contribution >= 0.6 is 39.0 Å². The summed E-state index contributed by atoms with van der Waals surface area (Å²) in [7, 11) is 0. The number of thiophene rings is 1. The van der Waals surface area contributed by atoms with E-state index in [9.17, 15) is 0 Å². The highest BCUT2D eigenvalue weighted by Crippen LogP contribution is 2.32. The molecule has 0 atom stereocenters. The van der Waals surface area contributed by atoms with Gasteiger partial charge in [-0.3, -0.25) is 0 Å². The second-order valence-electron chi connectivity index (χ2n) is 1.73. The third-order valence-electron chi connectivity index (χ3n) is 1.04. The molecule has 1 heterocycles. The highest BCUT2D eigenvalue weighted by Gasteiger charge is 1.99. The van der Waals surface area contributed by atoms with Crippen LogP contribution in [-0.4, -0.2) is 6.26 Å². The van der Waals surface area contributed by atoms with Crippen molar-refractivity contribution in [1.29, 1.82) is 0 Å². The molecular weight excluding hydrogens is 216 g/mol. The van der Waals surface area contributed by atoms with Gasteiger partial charge in [-0.25, -0.2) is 0 Å². The Hall–Kier alpha value is 0.530. The fraction of sp³-hybridized carbons (Fsp3) is 0.333. The van der Waals surface area contributed by atoms with E-state index in [0.29, 0.717) is 0 Å². The van der Waals surface area contributed by atoms with Crippen molar-refractivity contribution >= 4 is 39.0 Å². The first-order chi connectivity index (χ1) is 4.24. The predicted molar refractivity (Wildman–Crippen MR) is 48.5 cm³/mol. The molecule has 0 saturated heterocycles. The number of thioether (sulfide) groups is 1. The third-order valence-corrected chi connectivity index (χ3v) is 4.24. The first kappa shape index (κ1) is 7.63. The Bertz CT molecular complexity index is 185. The summed E-state index contributed by atoms with van der Waals surface area (Å²) >= 11 is 7.05. The van der Waals surface area contributed by atoms with E-state index in [0.717, 1.165) is 0 Å². The summed E-state index contributed by atoms with van der Waals surface area (Å²) in [6, 6.07) is 2.19. The van der Waals surface area contributed by atoms with E-state index in [-0.39, 0.29) is 0 Å². The molecule has 0 radical (unpaired) electrons. The molecule has 1 aromatic heterocycles. The lowest BCUT2D eigenvalue weighted by molar-refractivity contribution is 1.49. The highest BCUT2D eigenvalue weighted by atomic mass is 79.9. The summed E-state index contributed by atoms with van der Waals surface area (Å²) < 4.78 is 2.63. The minimum absolute atomic E-state index is 1.26. The van der Waals surface area contributed by atoms with Crippen LogP contribution in [0.1, 0.15) is 5.56 Å². The molecule has 50 valence electrons. The van der Waals surface area contributed by atoms with Gasteiger partial charge in [0.1, 0.15) is 0 Å². The average molecular weight is 223 g/mol. The van der Waals surface area contributed by atoms with Crippen LogP contribution in [0.5, 0.6) is 0 Å². The second kappa shape index (κ2) is 3.08. The van der Waals surface area contributed by atoms with Gasteiger partial charge in [-0.2, -0.15) is 0 Å². The van der Waals surface area contributed by atoms with Crippen molar-refractivity contribution in [3.05, 3.63) is 15.4 Å². The molecule has 0 bridgehead atoms. The van der Waals surface area contributed by atoms with Gasteiger partial charge in [-0.05, 0) is 40.7 Å². The van der Waals surface area contributed by atoms with Crippen LogP contribution in [0.25, 0.3) is 0 Å². The van der Waals surface area contributed by atoms with Gasteiger partial charge in [0.15, 0.2) is 0 Å². The van der Waals surface area contributed by atoms with Gasteiger partial charge in [0.25, 0.3) is 0 Å². The molecule has 1 aromatic rings. The minimum Gasteiger partial charge on any atom is -0.122 e. The molecular formula is C6H7BrS2. The maximum atomic E-state index is 3.46. The molecule has 9 heavy (non-hydrogen) atoms. The maximum Gasteiger partial charge on any atom is 0.0739 e. The van der Waals surface area contributed by atoms with Gasteiger partial charge in [-0.1, -0.05) is 0 Å². The molecule has 0 aliphatic carbocycles. The topological polar surface area (TPSA) is 0 Å². The van der Waals surface area contributed by atoms with Gasteiger partial charge in [0.2, 0.25) is 0 Å². The number of rotatable bonds is 1. The number of halogens is 1.